The van der Waals surface area contributed by atoms with E-state index in [4.69, 9.17) is 0 Å². The third kappa shape index (κ3) is 2.51. The van der Waals surface area contributed by atoms with Crippen LogP contribution in [0.25, 0.3) is 0 Å². The van der Waals surface area contributed by atoms with Crippen LogP contribution in [0, 0.1) is 0 Å². The molecule has 0 amide bonds. The number of benzene rings is 2. The van der Waals surface area contributed by atoms with Gasteiger partial charge in [-0.25, -0.2) is 0 Å². The van der Waals surface area contributed by atoms with Gasteiger partial charge in [-0.1, -0.05) is 54.6 Å². The van der Waals surface area contributed by atoms with Gasteiger partial charge in [0.25, 0.3) is 0 Å². The van der Waals surface area contributed by atoms with Gasteiger partial charge in [-0.2, -0.15) is 0 Å². The van der Waals surface area contributed by atoms with Gasteiger partial charge >= 0.3 is 0 Å². The standard InChI is InChI=1S/C20H23N/c1-2-7-16(8-3-1)18-13-14-21(15-18)20-12-6-10-17-9-4-5-11-19(17)20/h1-5,7-9,11,18,20H,6,10,12-15H2/t18-,20+/m0/s1. The van der Waals surface area contributed by atoms with Crippen LogP contribution in [-0.4, -0.2) is 18.0 Å². The summed E-state index contributed by atoms with van der Waals surface area (Å²) in [5, 5.41) is 0. The first kappa shape index (κ1) is 13.1. The molecular weight excluding hydrogens is 254 g/mol. The molecule has 1 aliphatic heterocycles. The Balaban J connectivity index is 1.54. The van der Waals surface area contributed by atoms with Crippen molar-refractivity contribution in [3.63, 3.8) is 0 Å². The Kier molecular flexibility index (Phi) is 3.52. The molecule has 2 aromatic carbocycles. The van der Waals surface area contributed by atoms with E-state index in [9.17, 15) is 0 Å². The topological polar surface area (TPSA) is 3.24 Å². The minimum Gasteiger partial charge on any atom is -0.296 e. The molecule has 2 aromatic rings. The highest BCUT2D eigenvalue weighted by molar-refractivity contribution is 5.33. The zero-order valence-electron chi connectivity index (χ0n) is 12.5. The summed E-state index contributed by atoms with van der Waals surface area (Å²) in [7, 11) is 0. The zero-order valence-corrected chi connectivity index (χ0v) is 12.5. The molecule has 1 heteroatoms. The van der Waals surface area contributed by atoms with Crippen molar-refractivity contribution in [2.75, 3.05) is 13.1 Å². The molecule has 108 valence electrons. The number of hydrogen-bond acceptors (Lipinski definition) is 1. The molecule has 0 radical (unpaired) electrons. The summed E-state index contributed by atoms with van der Waals surface area (Å²) >= 11 is 0. The first-order valence-corrected chi connectivity index (χ1v) is 8.28. The Bertz CT molecular complexity index is 604. The van der Waals surface area contributed by atoms with Crippen LogP contribution in [-0.2, 0) is 6.42 Å². The van der Waals surface area contributed by atoms with Crippen molar-refractivity contribution in [1.29, 1.82) is 0 Å². The lowest BCUT2D eigenvalue weighted by molar-refractivity contribution is 0.219. The summed E-state index contributed by atoms with van der Waals surface area (Å²) in [4.78, 5) is 2.73. The van der Waals surface area contributed by atoms with Gasteiger partial charge in [0.05, 0.1) is 0 Å². The molecular formula is C20H23N. The van der Waals surface area contributed by atoms with E-state index < -0.39 is 0 Å². The molecule has 0 N–H and O–H groups in total. The zero-order chi connectivity index (χ0) is 14.1. The van der Waals surface area contributed by atoms with Crippen LogP contribution in [0.2, 0.25) is 0 Å². The SMILES string of the molecule is c1ccc([C@H]2CCN([C@@H]3CCCc4ccccc43)C2)cc1. The lowest BCUT2D eigenvalue weighted by atomic mass is 9.87. The van der Waals surface area contributed by atoms with Gasteiger partial charge in [-0.3, -0.25) is 4.90 Å². The molecule has 2 atom stereocenters. The first-order chi connectivity index (χ1) is 10.4. The molecule has 2 aliphatic rings. The van der Waals surface area contributed by atoms with Crippen LogP contribution in [0.3, 0.4) is 0 Å². The second-order valence-electron chi connectivity index (χ2n) is 6.50. The molecule has 0 aromatic heterocycles. The van der Waals surface area contributed by atoms with E-state index in [2.05, 4.69) is 59.5 Å². The maximum atomic E-state index is 2.73. The van der Waals surface area contributed by atoms with Crippen molar-refractivity contribution in [1.82, 2.24) is 4.90 Å². The third-order valence-corrected chi connectivity index (χ3v) is 5.27. The molecule has 1 fully saturated rings. The third-order valence-electron chi connectivity index (χ3n) is 5.27. The summed E-state index contributed by atoms with van der Waals surface area (Å²) in [6, 6.07) is 20.8. The van der Waals surface area contributed by atoms with Gasteiger partial charge in [0, 0.05) is 12.6 Å². The summed E-state index contributed by atoms with van der Waals surface area (Å²) in [5.74, 6) is 0.722. The number of rotatable bonds is 2. The highest BCUT2D eigenvalue weighted by Crippen LogP contribution is 2.39. The van der Waals surface area contributed by atoms with E-state index in [1.807, 2.05) is 0 Å². The largest absolute Gasteiger partial charge is 0.296 e. The highest BCUT2D eigenvalue weighted by atomic mass is 15.2. The number of aryl methyl sites for hydroxylation is 1. The normalized spacial score (nSPS) is 25.7. The first-order valence-electron chi connectivity index (χ1n) is 8.28. The van der Waals surface area contributed by atoms with Crippen LogP contribution in [0.15, 0.2) is 54.6 Å². The van der Waals surface area contributed by atoms with Crippen molar-refractivity contribution in [3.8, 4) is 0 Å². The average molecular weight is 277 g/mol. The van der Waals surface area contributed by atoms with Crippen LogP contribution in [0.1, 0.15) is 47.9 Å². The van der Waals surface area contributed by atoms with Gasteiger partial charge in [0.15, 0.2) is 0 Å². The van der Waals surface area contributed by atoms with E-state index in [-0.39, 0.29) is 0 Å². The van der Waals surface area contributed by atoms with Crippen LogP contribution in [0.5, 0.6) is 0 Å². The van der Waals surface area contributed by atoms with Gasteiger partial charge in [-0.15, -0.1) is 0 Å². The predicted octanol–water partition coefficient (Wildman–Crippen LogP) is 4.55. The number of likely N-dealkylation sites (tertiary alicyclic amines) is 1. The number of nitrogens with zero attached hydrogens (tertiary/aromatic N) is 1. The van der Waals surface area contributed by atoms with Crippen molar-refractivity contribution >= 4 is 0 Å². The smallest absolute Gasteiger partial charge is 0.0351 e. The summed E-state index contributed by atoms with van der Waals surface area (Å²) in [5.41, 5.74) is 4.69. The van der Waals surface area contributed by atoms with Crippen LogP contribution in [0.4, 0.5) is 0 Å². The van der Waals surface area contributed by atoms with Gasteiger partial charge in [0.1, 0.15) is 0 Å². The quantitative estimate of drug-likeness (QED) is 0.778. The van der Waals surface area contributed by atoms with Gasteiger partial charge in [0.2, 0.25) is 0 Å². The van der Waals surface area contributed by atoms with Crippen molar-refractivity contribution in [3.05, 3.63) is 71.3 Å². The Morgan fingerprint density at radius 1 is 0.857 bits per heavy atom. The van der Waals surface area contributed by atoms with E-state index >= 15 is 0 Å². The van der Waals surface area contributed by atoms with E-state index in [1.54, 1.807) is 11.1 Å². The van der Waals surface area contributed by atoms with Gasteiger partial charge < -0.3 is 0 Å². The summed E-state index contributed by atoms with van der Waals surface area (Å²) in [6.45, 7) is 2.47. The maximum Gasteiger partial charge on any atom is 0.0351 e. The molecule has 0 bridgehead atoms. The fraction of sp³-hybridized carbons (Fsp3) is 0.400. The molecule has 0 unspecified atom stereocenters. The summed E-state index contributed by atoms with van der Waals surface area (Å²) in [6.07, 6.45) is 5.25. The minimum absolute atomic E-state index is 0.656. The van der Waals surface area contributed by atoms with E-state index in [1.165, 1.54) is 44.3 Å². The van der Waals surface area contributed by atoms with Crippen molar-refractivity contribution in [2.45, 2.75) is 37.6 Å². The Hall–Kier alpha value is -1.60. The lowest BCUT2D eigenvalue weighted by Gasteiger charge is -2.33. The second-order valence-corrected chi connectivity index (χ2v) is 6.50. The maximum absolute atomic E-state index is 2.73. The monoisotopic (exact) mass is 277 g/mol. The molecule has 4 rings (SSSR count). The molecule has 1 saturated heterocycles. The van der Waals surface area contributed by atoms with Crippen LogP contribution >= 0.6 is 0 Å². The lowest BCUT2D eigenvalue weighted by Crippen LogP contribution is -2.29. The minimum atomic E-state index is 0.656. The van der Waals surface area contributed by atoms with E-state index in [0.717, 1.165) is 5.92 Å². The Morgan fingerprint density at radius 2 is 1.67 bits per heavy atom. The fourth-order valence-electron chi connectivity index (χ4n) is 4.18. The molecule has 1 nitrogen and oxygen atoms in total. The average Bonchev–Trinajstić information content (AvgIpc) is 3.05. The number of hydrogen-bond donors (Lipinski definition) is 0. The predicted molar refractivity (Wildman–Crippen MR) is 87.5 cm³/mol. The molecule has 21 heavy (non-hydrogen) atoms. The molecule has 0 spiro atoms. The van der Waals surface area contributed by atoms with Crippen molar-refractivity contribution < 1.29 is 0 Å². The second kappa shape index (κ2) is 5.65. The van der Waals surface area contributed by atoms with Crippen LogP contribution < -0.4 is 0 Å². The van der Waals surface area contributed by atoms with Gasteiger partial charge in [-0.05, 0) is 54.8 Å². The Labute approximate surface area is 127 Å². The number of fused-ring (bicyclic) bond motifs is 1. The molecule has 0 saturated carbocycles. The molecule has 1 heterocycles. The fourth-order valence-corrected chi connectivity index (χ4v) is 4.18. The summed E-state index contributed by atoms with van der Waals surface area (Å²) < 4.78 is 0. The Morgan fingerprint density at radius 3 is 2.57 bits per heavy atom. The van der Waals surface area contributed by atoms with Crippen molar-refractivity contribution in [2.24, 2.45) is 0 Å². The highest BCUT2D eigenvalue weighted by Gasteiger charge is 2.31. The molecule has 1 aliphatic carbocycles. The van der Waals surface area contributed by atoms with E-state index in [0.29, 0.717) is 6.04 Å².